The fraction of sp³-hybridized carbons (Fsp3) is 0.250. The molecule has 0 bridgehead atoms. The van der Waals surface area contributed by atoms with Gasteiger partial charge in [-0.1, -0.05) is 30.3 Å². The van der Waals surface area contributed by atoms with E-state index in [1.807, 2.05) is 26.4 Å². The first kappa shape index (κ1) is 13.8. The molecule has 2 rings (SSSR count). The molecule has 1 aromatic heterocycles. The summed E-state index contributed by atoms with van der Waals surface area (Å²) < 4.78 is 5.69. The van der Waals surface area contributed by atoms with Gasteiger partial charge in [0.05, 0.1) is 12.9 Å². The van der Waals surface area contributed by atoms with E-state index in [-0.39, 0.29) is 0 Å². The molecule has 2 nitrogen and oxygen atoms in total. The van der Waals surface area contributed by atoms with E-state index < -0.39 is 0 Å². The van der Waals surface area contributed by atoms with Crippen LogP contribution in [-0.2, 0) is 4.74 Å². The number of benzene rings is 1. The number of hydrogen-bond acceptors (Lipinski definition) is 3. The second-order valence-electron chi connectivity index (χ2n) is 4.58. The van der Waals surface area contributed by atoms with Crippen molar-refractivity contribution in [2.75, 3.05) is 27.2 Å². The van der Waals surface area contributed by atoms with E-state index in [9.17, 15) is 0 Å². The highest BCUT2D eigenvalue weighted by Gasteiger charge is 2.05. The van der Waals surface area contributed by atoms with Crippen molar-refractivity contribution in [2.24, 2.45) is 0 Å². The highest BCUT2D eigenvalue weighted by atomic mass is 32.1. The van der Waals surface area contributed by atoms with Crippen LogP contribution in [0.1, 0.15) is 11.1 Å². The molecule has 0 amide bonds. The second-order valence-corrected chi connectivity index (χ2v) is 5.36. The molecule has 1 heterocycles. The molecular formula is C16H19NOS. The van der Waals surface area contributed by atoms with Crippen molar-refractivity contribution in [2.45, 2.75) is 0 Å². The predicted octanol–water partition coefficient (Wildman–Crippen LogP) is 3.72. The minimum atomic E-state index is 0.702. The molecule has 0 radical (unpaired) electrons. The maximum absolute atomic E-state index is 5.69. The summed E-state index contributed by atoms with van der Waals surface area (Å²) in [6.45, 7) is 1.62. The average molecular weight is 273 g/mol. The van der Waals surface area contributed by atoms with Crippen LogP contribution in [0.3, 0.4) is 0 Å². The molecule has 0 N–H and O–H groups in total. The molecule has 0 fully saturated rings. The Morgan fingerprint density at radius 3 is 2.58 bits per heavy atom. The van der Waals surface area contributed by atoms with E-state index in [0.29, 0.717) is 6.61 Å². The highest BCUT2D eigenvalue weighted by Crippen LogP contribution is 2.25. The molecule has 0 unspecified atom stereocenters. The fourth-order valence-electron chi connectivity index (χ4n) is 1.72. The summed E-state index contributed by atoms with van der Waals surface area (Å²) in [5, 5.41) is 4.24. The van der Waals surface area contributed by atoms with Crippen LogP contribution in [0.15, 0.2) is 53.4 Å². The number of ether oxygens (including phenoxy) is 1. The van der Waals surface area contributed by atoms with Gasteiger partial charge in [-0.3, -0.25) is 0 Å². The number of likely N-dealkylation sites (N-methyl/N-ethyl adjacent to an activating group) is 1. The van der Waals surface area contributed by atoms with E-state index in [1.54, 1.807) is 11.3 Å². The summed E-state index contributed by atoms with van der Waals surface area (Å²) >= 11 is 1.70. The van der Waals surface area contributed by atoms with Gasteiger partial charge in [-0.05, 0) is 42.0 Å². The summed E-state index contributed by atoms with van der Waals surface area (Å²) in [6.07, 6.45) is 1.88. The van der Waals surface area contributed by atoms with Crippen molar-refractivity contribution in [3.05, 3.63) is 64.5 Å². The number of nitrogens with zero attached hydrogens (tertiary/aromatic N) is 1. The Morgan fingerprint density at radius 2 is 1.95 bits per heavy atom. The SMILES string of the molecule is CN(C)CCO/C=C(/c1ccccc1)c1ccsc1. The van der Waals surface area contributed by atoms with Crippen LogP contribution in [0.4, 0.5) is 0 Å². The maximum Gasteiger partial charge on any atom is 0.1000 e. The van der Waals surface area contributed by atoms with Crippen molar-refractivity contribution in [1.29, 1.82) is 0 Å². The smallest absolute Gasteiger partial charge is 0.1000 e. The lowest BCUT2D eigenvalue weighted by Gasteiger charge is -2.10. The lowest BCUT2D eigenvalue weighted by Crippen LogP contribution is -2.16. The molecule has 0 atom stereocenters. The van der Waals surface area contributed by atoms with Crippen molar-refractivity contribution in [3.63, 3.8) is 0 Å². The normalized spacial score (nSPS) is 11.8. The van der Waals surface area contributed by atoms with Gasteiger partial charge in [-0.2, -0.15) is 11.3 Å². The molecule has 19 heavy (non-hydrogen) atoms. The zero-order chi connectivity index (χ0) is 13.5. The standard InChI is InChI=1S/C16H19NOS/c1-17(2)9-10-18-12-16(15-8-11-19-13-15)14-6-4-3-5-7-14/h3-8,11-13H,9-10H2,1-2H3/b16-12-. The van der Waals surface area contributed by atoms with Gasteiger partial charge >= 0.3 is 0 Å². The lowest BCUT2D eigenvalue weighted by atomic mass is 10.0. The van der Waals surface area contributed by atoms with E-state index in [1.165, 1.54) is 11.1 Å². The lowest BCUT2D eigenvalue weighted by molar-refractivity contribution is 0.213. The molecule has 0 spiro atoms. The van der Waals surface area contributed by atoms with E-state index in [0.717, 1.165) is 12.1 Å². The number of hydrogen-bond donors (Lipinski definition) is 0. The number of thiophene rings is 1. The largest absolute Gasteiger partial charge is 0.499 e. The summed E-state index contributed by atoms with van der Waals surface area (Å²) in [5.41, 5.74) is 3.53. The minimum Gasteiger partial charge on any atom is -0.499 e. The van der Waals surface area contributed by atoms with Crippen molar-refractivity contribution in [1.82, 2.24) is 4.90 Å². The molecule has 0 aliphatic rings. The predicted molar refractivity (Wildman–Crippen MR) is 82.3 cm³/mol. The Hall–Kier alpha value is -1.58. The molecule has 0 aliphatic heterocycles. The van der Waals surface area contributed by atoms with Crippen LogP contribution in [0.2, 0.25) is 0 Å². The Morgan fingerprint density at radius 1 is 1.16 bits per heavy atom. The number of rotatable bonds is 6. The molecule has 0 saturated carbocycles. The zero-order valence-electron chi connectivity index (χ0n) is 11.4. The van der Waals surface area contributed by atoms with Crippen LogP contribution in [-0.4, -0.2) is 32.1 Å². The van der Waals surface area contributed by atoms with Gasteiger partial charge in [0.15, 0.2) is 0 Å². The van der Waals surface area contributed by atoms with Crippen LogP contribution >= 0.6 is 11.3 Å². The third-order valence-corrected chi connectivity index (χ3v) is 3.46. The Balaban J connectivity index is 2.14. The maximum atomic E-state index is 5.69. The van der Waals surface area contributed by atoms with Crippen molar-refractivity contribution >= 4 is 16.9 Å². The van der Waals surface area contributed by atoms with Crippen LogP contribution in [0.25, 0.3) is 5.57 Å². The van der Waals surface area contributed by atoms with Gasteiger partial charge in [-0.25, -0.2) is 0 Å². The van der Waals surface area contributed by atoms with Crippen molar-refractivity contribution < 1.29 is 4.74 Å². The van der Waals surface area contributed by atoms with Crippen LogP contribution in [0.5, 0.6) is 0 Å². The molecule has 3 heteroatoms. The fourth-order valence-corrected chi connectivity index (χ4v) is 2.37. The first-order valence-electron chi connectivity index (χ1n) is 6.32. The third kappa shape index (κ3) is 4.23. The molecule has 100 valence electrons. The minimum absolute atomic E-state index is 0.702. The van der Waals surface area contributed by atoms with Gasteiger partial charge in [0.1, 0.15) is 0 Å². The highest BCUT2D eigenvalue weighted by molar-refractivity contribution is 7.08. The van der Waals surface area contributed by atoms with Crippen LogP contribution < -0.4 is 0 Å². The van der Waals surface area contributed by atoms with Gasteiger partial charge < -0.3 is 9.64 Å². The third-order valence-electron chi connectivity index (χ3n) is 2.77. The van der Waals surface area contributed by atoms with Gasteiger partial charge in [0, 0.05) is 12.1 Å². The van der Waals surface area contributed by atoms with E-state index in [4.69, 9.17) is 4.74 Å². The Bertz CT molecular complexity index is 503. The average Bonchev–Trinajstić information content (AvgIpc) is 2.93. The Kier molecular flexibility index (Phi) is 5.19. The summed E-state index contributed by atoms with van der Waals surface area (Å²) in [5.74, 6) is 0. The van der Waals surface area contributed by atoms with Crippen molar-refractivity contribution in [3.8, 4) is 0 Å². The first-order valence-corrected chi connectivity index (χ1v) is 7.26. The van der Waals surface area contributed by atoms with Crippen LogP contribution in [0, 0.1) is 0 Å². The summed E-state index contributed by atoms with van der Waals surface area (Å²) in [6, 6.07) is 12.5. The van der Waals surface area contributed by atoms with E-state index in [2.05, 4.69) is 46.0 Å². The molecular weight excluding hydrogens is 254 g/mol. The summed E-state index contributed by atoms with van der Waals surface area (Å²) in [4.78, 5) is 2.11. The van der Waals surface area contributed by atoms with Gasteiger partial charge in [-0.15, -0.1) is 0 Å². The second kappa shape index (κ2) is 7.12. The van der Waals surface area contributed by atoms with Gasteiger partial charge in [0.25, 0.3) is 0 Å². The molecule has 0 aliphatic carbocycles. The first-order chi connectivity index (χ1) is 9.27. The quantitative estimate of drug-likeness (QED) is 0.587. The topological polar surface area (TPSA) is 12.5 Å². The monoisotopic (exact) mass is 273 g/mol. The molecule has 0 saturated heterocycles. The Labute approximate surface area is 119 Å². The molecule has 1 aromatic carbocycles. The van der Waals surface area contributed by atoms with E-state index >= 15 is 0 Å². The van der Waals surface area contributed by atoms with Gasteiger partial charge in [0.2, 0.25) is 0 Å². The summed E-state index contributed by atoms with van der Waals surface area (Å²) in [7, 11) is 4.09. The zero-order valence-corrected chi connectivity index (χ0v) is 12.2. The molecule has 2 aromatic rings.